The zero-order valence-electron chi connectivity index (χ0n) is 12.7. The number of pyridine rings is 1. The molecule has 0 spiro atoms. The van der Waals surface area contributed by atoms with Gasteiger partial charge in [-0.05, 0) is 18.2 Å². The first-order chi connectivity index (χ1) is 11.8. The molecular formula is C16H20N8. The SMILES string of the molecule is Nc1nn2cccnc2c1-c1cc(NCc2ccccn2)ncn1.[HH].[HH].[HH]. The topological polar surface area (TPSA) is 107 Å². The van der Waals surface area contributed by atoms with Crippen molar-refractivity contribution in [3.05, 3.63) is 60.9 Å². The Bertz CT molecular complexity index is 993. The lowest BCUT2D eigenvalue weighted by molar-refractivity contribution is 0.945. The summed E-state index contributed by atoms with van der Waals surface area (Å²) in [5.41, 5.74) is 8.98. The Morgan fingerprint density at radius 1 is 1.08 bits per heavy atom. The molecule has 0 unspecified atom stereocenters. The van der Waals surface area contributed by atoms with Gasteiger partial charge in [-0.2, -0.15) is 0 Å². The highest BCUT2D eigenvalue weighted by Crippen LogP contribution is 2.28. The molecule has 0 aromatic carbocycles. The first-order valence-electron chi connectivity index (χ1n) is 7.36. The molecule has 0 saturated heterocycles. The summed E-state index contributed by atoms with van der Waals surface area (Å²) in [4.78, 5) is 17.1. The molecule has 4 aromatic rings. The number of hydrogen-bond donors (Lipinski definition) is 2. The van der Waals surface area contributed by atoms with Gasteiger partial charge in [0.25, 0.3) is 0 Å². The highest BCUT2D eigenvalue weighted by Gasteiger charge is 2.15. The molecule has 24 heavy (non-hydrogen) atoms. The lowest BCUT2D eigenvalue weighted by atomic mass is 10.2. The van der Waals surface area contributed by atoms with Gasteiger partial charge in [-0.1, -0.05) is 6.07 Å². The van der Waals surface area contributed by atoms with Crippen LogP contribution in [0, 0.1) is 0 Å². The van der Waals surface area contributed by atoms with E-state index in [0.29, 0.717) is 35.1 Å². The van der Waals surface area contributed by atoms with E-state index in [0.717, 1.165) is 5.69 Å². The van der Waals surface area contributed by atoms with E-state index in [4.69, 9.17) is 5.73 Å². The van der Waals surface area contributed by atoms with Crippen LogP contribution in [0.3, 0.4) is 0 Å². The Morgan fingerprint density at radius 3 is 2.88 bits per heavy atom. The van der Waals surface area contributed by atoms with E-state index in [1.807, 2.05) is 24.3 Å². The number of nitrogen functional groups attached to an aromatic ring is 1. The third kappa shape index (κ3) is 2.60. The zero-order valence-corrected chi connectivity index (χ0v) is 12.7. The molecule has 0 aliphatic rings. The summed E-state index contributed by atoms with van der Waals surface area (Å²) in [6.45, 7) is 0.569. The lowest BCUT2D eigenvalue weighted by Gasteiger charge is -2.06. The number of anilines is 2. The summed E-state index contributed by atoms with van der Waals surface area (Å²) in [6, 6.07) is 9.39. The minimum atomic E-state index is 0. The molecule has 0 saturated carbocycles. The maximum atomic E-state index is 6.04. The van der Waals surface area contributed by atoms with Crippen molar-refractivity contribution in [1.82, 2.24) is 29.5 Å². The van der Waals surface area contributed by atoms with Crippen molar-refractivity contribution in [1.29, 1.82) is 0 Å². The number of nitrogens with two attached hydrogens (primary N) is 1. The average molecular weight is 324 g/mol. The molecule has 0 bridgehead atoms. The van der Waals surface area contributed by atoms with E-state index in [2.05, 4.69) is 30.4 Å². The van der Waals surface area contributed by atoms with E-state index in [1.165, 1.54) is 6.33 Å². The summed E-state index contributed by atoms with van der Waals surface area (Å²) < 4.78 is 1.63. The average Bonchev–Trinajstić information content (AvgIpc) is 2.97. The second-order valence-corrected chi connectivity index (χ2v) is 5.11. The number of aromatic nitrogens is 6. The third-order valence-electron chi connectivity index (χ3n) is 3.52. The molecule has 4 aromatic heterocycles. The molecule has 8 nitrogen and oxygen atoms in total. The van der Waals surface area contributed by atoms with E-state index >= 15 is 0 Å². The quantitative estimate of drug-likeness (QED) is 0.594. The molecule has 8 heteroatoms. The second-order valence-electron chi connectivity index (χ2n) is 5.11. The van der Waals surface area contributed by atoms with Crippen molar-refractivity contribution in [3.63, 3.8) is 0 Å². The zero-order chi connectivity index (χ0) is 16.4. The molecule has 0 radical (unpaired) electrons. The lowest BCUT2D eigenvalue weighted by Crippen LogP contribution is -2.03. The van der Waals surface area contributed by atoms with Crippen molar-refractivity contribution >= 4 is 17.3 Å². The number of fused-ring (bicyclic) bond motifs is 1. The molecule has 4 rings (SSSR count). The van der Waals surface area contributed by atoms with Gasteiger partial charge < -0.3 is 11.1 Å². The molecule has 0 aliphatic carbocycles. The molecule has 4 heterocycles. The maximum Gasteiger partial charge on any atom is 0.166 e. The van der Waals surface area contributed by atoms with Crippen molar-refractivity contribution in [3.8, 4) is 11.3 Å². The normalized spacial score (nSPS) is 10.8. The molecule has 0 fully saturated rings. The van der Waals surface area contributed by atoms with Gasteiger partial charge in [0.1, 0.15) is 12.1 Å². The largest absolute Gasteiger partial charge is 0.382 e. The van der Waals surface area contributed by atoms with Crippen LogP contribution >= 0.6 is 0 Å². The molecule has 0 atom stereocenters. The molecule has 124 valence electrons. The fraction of sp³-hybridized carbons (Fsp3) is 0.0625. The van der Waals surface area contributed by atoms with Gasteiger partial charge in [-0.25, -0.2) is 19.5 Å². The van der Waals surface area contributed by atoms with Crippen LogP contribution < -0.4 is 11.1 Å². The number of hydrogen-bond acceptors (Lipinski definition) is 7. The molecule has 0 amide bonds. The summed E-state index contributed by atoms with van der Waals surface area (Å²) in [7, 11) is 0. The highest BCUT2D eigenvalue weighted by atomic mass is 15.3. The first-order valence-corrected chi connectivity index (χ1v) is 7.36. The van der Waals surface area contributed by atoms with Gasteiger partial charge in [-0.3, -0.25) is 4.98 Å². The molecular weight excluding hydrogens is 304 g/mol. The molecule has 0 aliphatic heterocycles. The highest BCUT2D eigenvalue weighted by molar-refractivity contribution is 5.84. The summed E-state index contributed by atoms with van der Waals surface area (Å²) in [6.07, 6.45) is 6.74. The minimum Gasteiger partial charge on any atom is -0.382 e. The number of rotatable bonds is 4. The predicted molar refractivity (Wildman–Crippen MR) is 96.3 cm³/mol. The third-order valence-corrected chi connectivity index (χ3v) is 3.52. The summed E-state index contributed by atoms with van der Waals surface area (Å²) >= 11 is 0. The minimum absolute atomic E-state index is 0. The Morgan fingerprint density at radius 2 is 2.00 bits per heavy atom. The monoisotopic (exact) mass is 324 g/mol. The molecule has 3 N–H and O–H groups in total. The van der Waals surface area contributed by atoms with Crippen LogP contribution in [0.4, 0.5) is 11.6 Å². The van der Waals surface area contributed by atoms with E-state index in [-0.39, 0.29) is 4.28 Å². The van der Waals surface area contributed by atoms with Gasteiger partial charge in [-0.15, -0.1) is 5.10 Å². The standard InChI is InChI=1S/C16H14N8.3H2/c17-15-14(16-19-6-3-7-24(16)23-15)12-8-13(22-10-21-12)20-9-11-4-1-2-5-18-11;;;/h1-8,10H,9H2,(H2,17,23)(H,20,21,22);3*1H. The Labute approximate surface area is 141 Å². The fourth-order valence-corrected chi connectivity index (χ4v) is 2.42. The van der Waals surface area contributed by atoms with Crippen molar-refractivity contribution in [2.75, 3.05) is 11.1 Å². The van der Waals surface area contributed by atoms with Gasteiger partial charge in [0, 0.05) is 28.9 Å². The van der Waals surface area contributed by atoms with Crippen LogP contribution in [0.25, 0.3) is 16.9 Å². The van der Waals surface area contributed by atoms with Crippen molar-refractivity contribution in [2.45, 2.75) is 6.54 Å². The number of nitrogens with one attached hydrogen (secondary N) is 1. The van der Waals surface area contributed by atoms with Crippen LogP contribution in [0.15, 0.2) is 55.2 Å². The number of nitrogens with zero attached hydrogens (tertiary/aromatic N) is 6. The van der Waals surface area contributed by atoms with Crippen LogP contribution in [0.2, 0.25) is 0 Å². The van der Waals surface area contributed by atoms with Crippen LogP contribution in [0.1, 0.15) is 9.97 Å². The van der Waals surface area contributed by atoms with Crippen molar-refractivity contribution < 1.29 is 4.28 Å². The predicted octanol–water partition coefficient (Wildman–Crippen LogP) is 2.51. The van der Waals surface area contributed by atoms with E-state index < -0.39 is 0 Å². The smallest absolute Gasteiger partial charge is 0.166 e. The Kier molecular flexibility index (Phi) is 3.47. The van der Waals surface area contributed by atoms with Crippen LogP contribution in [0.5, 0.6) is 0 Å². The van der Waals surface area contributed by atoms with Gasteiger partial charge in [0.2, 0.25) is 0 Å². The van der Waals surface area contributed by atoms with Gasteiger partial charge in [0.05, 0.1) is 23.5 Å². The fourth-order valence-electron chi connectivity index (χ4n) is 2.42. The maximum absolute atomic E-state index is 6.04. The van der Waals surface area contributed by atoms with Gasteiger partial charge >= 0.3 is 0 Å². The summed E-state index contributed by atoms with van der Waals surface area (Å²) in [5.74, 6) is 1.06. The summed E-state index contributed by atoms with van der Waals surface area (Å²) in [5, 5.41) is 7.48. The van der Waals surface area contributed by atoms with E-state index in [9.17, 15) is 0 Å². The van der Waals surface area contributed by atoms with Crippen molar-refractivity contribution in [2.24, 2.45) is 0 Å². The first kappa shape index (κ1) is 14.1. The van der Waals surface area contributed by atoms with Crippen LogP contribution in [-0.2, 0) is 6.54 Å². The van der Waals surface area contributed by atoms with Crippen LogP contribution in [-0.4, -0.2) is 29.5 Å². The Balaban J connectivity index is 0.00000121. The second kappa shape index (κ2) is 5.92. The van der Waals surface area contributed by atoms with E-state index in [1.54, 1.807) is 29.2 Å². The Hall–Kier alpha value is -3.55. The van der Waals surface area contributed by atoms with Gasteiger partial charge in [0.15, 0.2) is 11.5 Å².